The summed E-state index contributed by atoms with van der Waals surface area (Å²) in [6.45, 7) is 3.27. The molecule has 0 spiro atoms. The predicted molar refractivity (Wildman–Crippen MR) is 69.1 cm³/mol. The fourth-order valence-corrected chi connectivity index (χ4v) is 2.43. The number of halogens is 2. The van der Waals surface area contributed by atoms with E-state index >= 15 is 0 Å². The van der Waals surface area contributed by atoms with Crippen molar-refractivity contribution < 1.29 is 9.18 Å². The molecule has 3 nitrogen and oxygen atoms in total. The molecule has 1 aliphatic rings. The van der Waals surface area contributed by atoms with Crippen LogP contribution in [0, 0.1) is 11.7 Å². The fraction of sp³-hybridized carbons (Fsp3) is 0.462. The second-order valence-corrected chi connectivity index (χ2v) is 5.21. The number of carbonyl (C=O) groups is 1. The van der Waals surface area contributed by atoms with Gasteiger partial charge in [0.2, 0.25) is 0 Å². The number of hydrogen-bond acceptors (Lipinski definition) is 2. The zero-order valence-electron chi connectivity index (χ0n) is 10.2. The van der Waals surface area contributed by atoms with Crippen LogP contribution in [-0.2, 0) is 0 Å². The molecule has 1 saturated heterocycles. The molecule has 2 rings (SSSR count). The smallest absolute Gasteiger partial charge is 0.255 e. The molecule has 1 amide bonds. The van der Waals surface area contributed by atoms with Crippen molar-refractivity contribution >= 4 is 17.5 Å². The molecule has 0 radical (unpaired) electrons. The van der Waals surface area contributed by atoms with Crippen molar-refractivity contribution in [1.82, 2.24) is 4.90 Å². The Labute approximate surface area is 111 Å². The van der Waals surface area contributed by atoms with Gasteiger partial charge < -0.3 is 10.6 Å². The molecular formula is C13H16ClFN2O. The Balaban J connectivity index is 2.16. The largest absolute Gasteiger partial charge is 0.338 e. The molecule has 98 valence electrons. The Hall–Kier alpha value is -1.13. The summed E-state index contributed by atoms with van der Waals surface area (Å²) in [5.41, 5.74) is 6.26. The Morgan fingerprint density at radius 1 is 1.56 bits per heavy atom. The predicted octanol–water partition coefficient (Wildman–Crippen LogP) is 2.29. The molecule has 2 N–H and O–H groups in total. The number of hydrogen-bond donors (Lipinski definition) is 1. The van der Waals surface area contributed by atoms with Gasteiger partial charge in [0.1, 0.15) is 5.82 Å². The van der Waals surface area contributed by atoms with Crippen LogP contribution in [0.3, 0.4) is 0 Å². The average molecular weight is 271 g/mol. The van der Waals surface area contributed by atoms with E-state index in [2.05, 4.69) is 0 Å². The van der Waals surface area contributed by atoms with E-state index < -0.39 is 5.82 Å². The van der Waals surface area contributed by atoms with Crippen molar-refractivity contribution in [2.75, 3.05) is 13.1 Å². The molecule has 2 atom stereocenters. The minimum absolute atomic E-state index is 0.137. The van der Waals surface area contributed by atoms with Crippen LogP contribution in [0.15, 0.2) is 18.2 Å². The van der Waals surface area contributed by atoms with Crippen LogP contribution in [0.2, 0.25) is 5.02 Å². The van der Waals surface area contributed by atoms with E-state index in [4.69, 9.17) is 17.3 Å². The maximum atomic E-state index is 12.9. The Kier molecular flexibility index (Phi) is 3.88. The molecule has 2 unspecified atom stereocenters. The summed E-state index contributed by atoms with van der Waals surface area (Å²) in [4.78, 5) is 14.0. The van der Waals surface area contributed by atoms with Gasteiger partial charge in [0.15, 0.2) is 0 Å². The lowest BCUT2D eigenvalue weighted by Crippen LogP contribution is -2.48. The Bertz CT molecular complexity index is 466. The van der Waals surface area contributed by atoms with E-state index in [-0.39, 0.29) is 22.9 Å². The molecular weight excluding hydrogens is 255 g/mol. The van der Waals surface area contributed by atoms with Crippen LogP contribution in [-0.4, -0.2) is 29.9 Å². The molecule has 1 fully saturated rings. The zero-order chi connectivity index (χ0) is 13.3. The molecule has 18 heavy (non-hydrogen) atoms. The summed E-state index contributed by atoms with van der Waals surface area (Å²) >= 11 is 5.90. The van der Waals surface area contributed by atoms with Crippen LogP contribution in [0.4, 0.5) is 4.39 Å². The summed E-state index contributed by atoms with van der Waals surface area (Å²) in [5, 5.41) is 0.155. The first-order valence-electron chi connectivity index (χ1n) is 5.99. The lowest BCUT2D eigenvalue weighted by Gasteiger charge is -2.35. The van der Waals surface area contributed by atoms with Crippen LogP contribution in [0.25, 0.3) is 0 Å². The van der Waals surface area contributed by atoms with Gasteiger partial charge in [-0.2, -0.15) is 0 Å². The minimum atomic E-state index is -0.439. The van der Waals surface area contributed by atoms with Crippen molar-refractivity contribution in [1.29, 1.82) is 0 Å². The lowest BCUT2D eigenvalue weighted by atomic mass is 9.94. The van der Waals surface area contributed by atoms with Gasteiger partial charge in [-0.1, -0.05) is 18.5 Å². The number of carbonyl (C=O) groups excluding carboxylic acids is 1. The first kappa shape index (κ1) is 13.3. The molecule has 0 aliphatic carbocycles. The number of nitrogens with two attached hydrogens (primary N) is 1. The zero-order valence-corrected chi connectivity index (χ0v) is 11.0. The SMILES string of the molecule is CC1CN(C(=O)c2ccc(F)cc2Cl)CCC1N. The molecule has 1 aromatic carbocycles. The standard InChI is InChI=1S/C13H16ClFN2O/c1-8-7-17(5-4-12(8)16)13(18)10-3-2-9(15)6-11(10)14/h2-3,6,8,12H,4-5,7,16H2,1H3. The second-order valence-electron chi connectivity index (χ2n) is 4.81. The van der Waals surface area contributed by atoms with Gasteiger partial charge in [-0.25, -0.2) is 4.39 Å². The number of rotatable bonds is 1. The Morgan fingerprint density at radius 2 is 2.28 bits per heavy atom. The third-order valence-corrected chi connectivity index (χ3v) is 3.73. The van der Waals surface area contributed by atoms with Crippen molar-refractivity contribution in [2.24, 2.45) is 11.7 Å². The topological polar surface area (TPSA) is 46.3 Å². The van der Waals surface area contributed by atoms with E-state index in [1.165, 1.54) is 12.1 Å². The van der Waals surface area contributed by atoms with E-state index in [9.17, 15) is 9.18 Å². The summed E-state index contributed by atoms with van der Waals surface area (Å²) < 4.78 is 12.9. The van der Waals surface area contributed by atoms with Crippen molar-refractivity contribution in [3.8, 4) is 0 Å². The van der Waals surface area contributed by atoms with Crippen LogP contribution >= 0.6 is 11.6 Å². The number of piperidine rings is 1. The van der Waals surface area contributed by atoms with Gasteiger partial charge in [-0.3, -0.25) is 4.79 Å². The maximum Gasteiger partial charge on any atom is 0.255 e. The van der Waals surface area contributed by atoms with Crippen LogP contribution in [0.5, 0.6) is 0 Å². The third kappa shape index (κ3) is 2.65. The monoisotopic (exact) mass is 270 g/mol. The molecule has 5 heteroatoms. The fourth-order valence-electron chi connectivity index (χ4n) is 2.18. The summed E-state index contributed by atoms with van der Waals surface area (Å²) in [6, 6.07) is 3.98. The van der Waals surface area contributed by atoms with Gasteiger partial charge in [0.25, 0.3) is 5.91 Å². The van der Waals surface area contributed by atoms with E-state index in [0.29, 0.717) is 18.7 Å². The highest BCUT2D eigenvalue weighted by molar-refractivity contribution is 6.33. The first-order chi connectivity index (χ1) is 8.49. The maximum absolute atomic E-state index is 12.9. The van der Waals surface area contributed by atoms with Crippen molar-refractivity contribution in [3.63, 3.8) is 0 Å². The van der Waals surface area contributed by atoms with E-state index in [1.54, 1.807) is 4.90 Å². The molecule has 1 aromatic rings. The van der Waals surface area contributed by atoms with Crippen molar-refractivity contribution in [3.05, 3.63) is 34.6 Å². The number of nitrogens with zero attached hydrogens (tertiary/aromatic N) is 1. The van der Waals surface area contributed by atoms with Gasteiger partial charge >= 0.3 is 0 Å². The second kappa shape index (κ2) is 5.24. The molecule has 0 aromatic heterocycles. The van der Waals surface area contributed by atoms with E-state index in [1.807, 2.05) is 6.92 Å². The van der Waals surface area contributed by atoms with Gasteiger partial charge in [-0.15, -0.1) is 0 Å². The quantitative estimate of drug-likeness (QED) is 0.851. The molecule has 0 bridgehead atoms. The summed E-state index contributed by atoms with van der Waals surface area (Å²) in [6.07, 6.45) is 0.783. The Morgan fingerprint density at radius 3 is 2.89 bits per heavy atom. The summed E-state index contributed by atoms with van der Waals surface area (Å²) in [7, 11) is 0. The first-order valence-corrected chi connectivity index (χ1v) is 6.36. The highest BCUT2D eigenvalue weighted by Gasteiger charge is 2.27. The molecule has 1 aliphatic heterocycles. The van der Waals surface area contributed by atoms with Gasteiger partial charge in [0.05, 0.1) is 10.6 Å². The average Bonchev–Trinajstić information content (AvgIpc) is 2.32. The van der Waals surface area contributed by atoms with E-state index in [0.717, 1.165) is 12.5 Å². The highest BCUT2D eigenvalue weighted by atomic mass is 35.5. The number of amides is 1. The van der Waals surface area contributed by atoms with Gasteiger partial charge in [0, 0.05) is 19.1 Å². The highest BCUT2D eigenvalue weighted by Crippen LogP contribution is 2.22. The van der Waals surface area contributed by atoms with Crippen molar-refractivity contribution in [2.45, 2.75) is 19.4 Å². The van der Waals surface area contributed by atoms with Crippen LogP contribution in [0.1, 0.15) is 23.7 Å². The normalized spacial score (nSPS) is 24.1. The summed E-state index contributed by atoms with van der Waals surface area (Å²) in [5.74, 6) is -0.328. The number of likely N-dealkylation sites (tertiary alicyclic amines) is 1. The molecule has 0 saturated carbocycles. The molecule has 1 heterocycles. The minimum Gasteiger partial charge on any atom is -0.338 e. The third-order valence-electron chi connectivity index (χ3n) is 3.42. The van der Waals surface area contributed by atoms with Gasteiger partial charge in [-0.05, 0) is 30.5 Å². The van der Waals surface area contributed by atoms with Crippen LogP contribution < -0.4 is 5.73 Å². The number of benzene rings is 1. The lowest BCUT2D eigenvalue weighted by molar-refractivity contribution is 0.0664.